The first-order valence-corrected chi connectivity index (χ1v) is 11.7. The van der Waals surface area contributed by atoms with E-state index < -0.39 is 30.4 Å². The number of hydrogen-bond acceptors (Lipinski definition) is 9. The first-order valence-electron chi connectivity index (χ1n) is 11.7. The van der Waals surface area contributed by atoms with Gasteiger partial charge in [0.1, 0.15) is 23.5 Å². The summed E-state index contributed by atoms with van der Waals surface area (Å²) in [5.74, 6) is 1.65. The van der Waals surface area contributed by atoms with Crippen LogP contribution in [0.1, 0.15) is 44.7 Å². The zero-order chi connectivity index (χ0) is 23.7. The number of hydrogen-bond donors (Lipinski definition) is 4. The molecule has 2 aromatic rings. The third-order valence-corrected chi connectivity index (χ3v) is 6.68. The highest BCUT2D eigenvalue weighted by atomic mass is 16.6. The Bertz CT molecular complexity index is 973. The molecule has 1 saturated carbocycles. The minimum absolute atomic E-state index is 0.267. The lowest BCUT2D eigenvalue weighted by Gasteiger charge is -2.29. The van der Waals surface area contributed by atoms with Crippen molar-refractivity contribution >= 4 is 22.9 Å². The van der Waals surface area contributed by atoms with E-state index in [2.05, 4.69) is 34.3 Å². The number of aliphatic hydroxyl groups excluding tert-OH is 2. The maximum atomic E-state index is 12.2. The molecule has 4 rings (SSSR count). The van der Waals surface area contributed by atoms with Crippen LogP contribution >= 0.6 is 0 Å². The van der Waals surface area contributed by atoms with E-state index >= 15 is 0 Å². The summed E-state index contributed by atoms with van der Waals surface area (Å²) in [7, 11) is 4.23. The van der Waals surface area contributed by atoms with Crippen molar-refractivity contribution in [2.24, 2.45) is 11.8 Å². The van der Waals surface area contributed by atoms with E-state index in [-0.39, 0.29) is 5.82 Å². The van der Waals surface area contributed by atoms with E-state index in [9.17, 15) is 15.0 Å². The van der Waals surface area contributed by atoms with Gasteiger partial charge >= 0.3 is 0 Å². The molecule has 4 atom stereocenters. The Hall–Kier alpha value is -2.34. The molecule has 2 aliphatic rings. The fourth-order valence-electron chi connectivity index (χ4n) is 5.04. The monoisotopic (exact) mass is 461 g/mol. The molecule has 1 aliphatic heterocycles. The van der Waals surface area contributed by atoms with Crippen LogP contribution in [0.3, 0.4) is 0 Å². The number of imidazole rings is 1. The molecule has 182 valence electrons. The van der Waals surface area contributed by atoms with Crippen LogP contribution in [0.2, 0.25) is 0 Å². The minimum atomic E-state index is -1.37. The first kappa shape index (κ1) is 23.8. The molecule has 0 spiro atoms. The molecule has 3 heterocycles. The van der Waals surface area contributed by atoms with Gasteiger partial charge in [0.25, 0.3) is 5.91 Å². The SMILES string of the molecule is CCNC(=O)[C@H]1O[C@@H](n2cnc3c(N)nc(CC4CCC(CN(C)C)CC4)nc32)C(O)C1O. The van der Waals surface area contributed by atoms with E-state index in [1.54, 1.807) is 6.92 Å². The molecule has 1 saturated heterocycles. The molecule has 11 heteroatoms. The van der Waals surface area contributed by atoms with Crippen LogP contribution in [0.4, 0.5) is 5.82 Å². The minimum Gasteiger partial charge on any atom is -0.387 e. The Kier molecular flexibility index (Phi) is 7.13. The normalized spacial score (nSPS) is 30.2. The second-order valence-corrected chi connectivity index (χ2v) is 9.53. The van der Waals surface area contributed by atoms with Gasteiger partial charge in [0.2, 0.25) is 0 Å². The topological polar surface area (TPSA) is 152 Å². The Labute approximate surface area is 193 Å². The van der Waals surface area contributed by atoms with Crippen molar-refractivity contribution in [3.8, 4) is 0 Å². The number of nitrogen functional groups attached to an aromatic ring is 1. The van der Waals surface area contributed by atoms with Crippen LogP contribution < -0.4 is 11.1 Å². The standard InChI is InChI=1S/C22H35N7O4/c1-4-24-21(32)18-16(30)17(31)22(33-18)29-11-25-15-19(23)26-14(27-20(15)29)9-12-5-7-13(8-6-12)10-28(2)3/h11-13,16-18,22,30-31H,4-10H2,1-3H3,(H,24,32)(H2,23,26,27)/t12?,13?,16?,17?,18-,22+/m0/s1. The summed E-state index contributed by atoms with van der Waals surface area (Å²) in [5, 5.41) is 23.6. The highest BCUT2D eigenvalue weighted by molar-refractivity contribution is 5.83. The number of nitrogens with two attached hydrogens (primary N) is 1. The van der Waals surface area contributed by atoms with Crippen LogP contribution in [0.15, 0.2) is 6.33 Å². The van der Waals surface area contributed by atoms with Crippen LogP contribution in [0, 0.1) is 11.8 Å². The second kappa shape index (κ2) is 9.88. The number of nitrogens with zero attached hydrogens (tertiary/aromatic N) is 5. The van der Waals surface area contributed by atoms with Gasteiger partial charge in [-0.2, -0.15) is 0 Å². The Balaban J connectivity index is 1.52. The molecule has 1 aliphatic carbocycles. The van der Waals surface area contributed by atoms with Crippen molar-refractivity contribution in [2.75, 3.05) is 32.9 Å². The van der Waals surface area contributed by atoms with Gasteiger partial charge in [-0.1, -0.05) is 0 Å². The molecule has 2 unspecified atom stereocenters. The lowest BCUT2D eigenvalue weighted by Crippen LogP contribution is -2.42. The number of ether oxygens (including phenoxy) is 1. The predicted molar refractivity (Wildman–Crippen MR) is 122 cm³/mol. The second-order valence-electron chi connectivity index (χ2n) is 9.53. The third-order valence-electron chi connectivity index (χ3n) is 6.68. The van der Waals surface area contributed by atoms with E-state index in [1.165, 1.54) is 23.7 Å². The number of carbonyl (C=O) groups excluding carboxylic acids is 1. The highest BCUT2D eigenvalue weighted by Crippen LogP contribution is 2.34. The molecule has 0 bridgehead atoms. The molecular weight excluding hydrogens is 426 g/mol. The van der Waals surface area contributed by atoms with Gasteiger partial charge in [0, 0.05) is 19.5 Å². The Morgan fingerprint density at radius 2 is 1.91 bits per heavy atom. The molecule has 2 aromatic heterocycles. The summed E-state index contributed by atoms with van der Waals surface area (Å²) in [6, 6.07) is 0. The van der Waals surface area contributed by atoms with Crippen LogP contribution in [-0.4, -0.2) is 86.0 Å². The third kappa shape index (κ3) is 4.96. The molecule has 1 amide bonds. The van der Waals surface area contributed by atoms with Gasteiger partial charge < -0.3 is 30.9 Å². The largest absolute Gasteiger partial charge is 0.387 e. The van der Waals surface area contributed by atoms with E-state index in [1.807, 2.05) is 0 Å². The molecule has 5 N–H and O–H groups in total. The van der Waals surface area contributed by atoms with Crippen molar-refractivity contribution < 1.29 is 19.7 Å². The lowest BCUT2D eigenvalue weighted by molar-refractivity contribution is -0.137. The van der Waals surface area contributed by atoms with Crippen molar-refractivity contribution in [2.45, 2.75) is 63.6 Å². The summed E-state index contributed by atoms with van der Waals surface area (Å²) >= 11 is 0. The Morgan fingerprint density at radius 3 is 2.58 bits per heavy atom. The first-order chi connectivity index (χ1) is 15.8. The fourth-order valence-corrected chi connectivity index (χ4v) is 5.04. The molecule has 11 nitrogen and oxygen atoms in total. The van der Waals surface area contributed by atoms with Gasteiger partial charge in [-0.3, -0.25) is 9.36 Å². The van der Waals surface area contributed by atoms with Crippen molar-refractivity contribution in [3.05, 3.63) is 12.2 Å². The summed E-state index contributed by atoms with van der Waals surface area (Å²) in [4.78, 5) is 27.9. The maximum Gasteiger partial charge on any atom is 0.252 e. The number of likely N-dealkylation sites (N-methyl/N-ethyl adjacent to an activating group) is 1. The summed E-state index contributed by atoms with van der Waals surface area (Å²) in [6.45, 7) is 3.28. The Morgan fingerprint density at radius 1 is 1.21 bits per heavy atom. The van der Waals surface area contributed by atoms with Crippen molar-refractivity contribution in [1.29, 1.82) is 0 Å². The highest BCUT2D eigenvalue weighted by Gasteiger charge is 2.47. The lowest BCUT2D eigenvalue weighted by atomic mass is 9.80. The van der Waals surface area contributed by atoms with Crippen LogP contribution in [-0.2, 0) is 16.0 Å². The number of amides is 1. The smallest absolute Gasteiger partial charge is 0.252 e. The number of anilines is 1. The van der Waals surface area contributed by atoms with Crippen LogP contribution in [0.5, 0.6) is 0 Å². The van der Waals surface area contributed by atoms with E-state index in [0.717, 1.165) is 31.7 Å². The zero-order valence-corrected chi connectivity index (χ0v) is 19.5. The fraction of sp³-hybridized carbons (Fsp3) is 0.727. The molecule has 0 radical (unpaired) electrons. The number of nitrogens with one attached hydrogen (secondary N) is 1. The van der Waals surface area contributed by atoms with Gasteiger partial charge in [0.15, 0.2) is 23.8 Å². The van der Waals surface area contributed by atoms with E-state index in [4.69, 9.17) is 15.5 Å². The maximum absolute atomic E-state index is 12.2. The van der Waals surface area contributed by atoms with Gasteiger partial charge in [0.05, 0.1) is 6.33 Å². The van der Waals surface area contributed by atoms with Gasteiger partial charge in [-0.05, 0) is 58.5 Å². The van der Waals surface area contributed by atoms with Crippen molar-refractivity contribution in [3.63, 3.8) is 0 Å². The summed E-state index contributed by atoms with van der Waals surface area (Å²) in [6.07, 6.45) is 1.94. The molecule has 33 heavy (non-hydrogen) atoms. The van der Waals surface area contributed by atoms with E-state index in [0.29, 0.717) is 29.5 Å². The van der Waals surface area contributed by atoms with Crippen molar-refractivity contribution in [1.82, 2.24) is 29.7 Å². The number of fused-ring (bicyclic) bond motifs is 1. The summed E-state index contributed by atoms with van der Waals surface area (Å²) < 4.78 is 7.26. The molecule has 2 fully saturated rings. The predicted octanol–water partition coefficient (Wildman–Crippen LogP) is 0.0743. The van der Waals surface area contributed by atoms with Gasteiger partial charge in [-0.25, -0.2) is 15.0 Å². The zero-order valence-electron chi connectivity index (χ0n) is 19.5. The van der Waals surface area contributed by atoms with Crippen LogP contribution in [0.25, 0.3) is 11.2 Å². The number of carbonyl (C=O) groups is 1. The molecular formula is C22H35N7O4. The average molecular weight is 462 g/mol. The molecule has 0 aromatic carbocycles. The average Bonchev–Trinajstić information content (AvgIpc) is 3.31. The summed E-state index contributed by atoms with van der Waals surface area (Å²) in [5.41, 5.74) is 7.00. The van der Waals surface area contributed by atoms with Gasteiger partial charge in [-0.15, -0.1) is 0 Å². The number of aliphatic hydroxyl groups is 2. The quantitative estimate of drug-likeness (QED) is 0.449. The number of rotatable bonds is 7. The number of aromatic nitrogens is 4.